The van der Waals surface area contributed by atoms with Gasteiger partial charge in [0.1, 0.15) is 0 Å². The van der Waals surface area contributed by atoms with E-state index in [1.54, 1.807) is 6.07 Å². The number of allylic oxidation sites excluding steroid dienone is 2. The van der Waals surface area contributed by atoms with Crippen LogP contribution in [0.1, 0.15) is 30.4 Å². The normalized spacial score (nSPS) is 18.6. The Kier molecular flexibility index (Phi) is 5.00. The van der Waals surface area contributed by atoms with Gasteiger partial charge in [0.05, 0.1) is 10.0 Å². The number of rotatable bonds is 2. The van der Waals surface area contributed by atoms with E-state index in [-0.39, 0.29) is 5.78 Å². The molecule has 0 spiro atoms. The molecule has 23 heavy (non-hydrogen) atoms. The third-order valence-electron chi connectivity index (χ3n) is 3.93. The molecule has 3 rings (SSSR count). The van der Waals surface area contributed by atoms with E-state index in [0.29, 0.717) is 10.0 Å². The number of carbonyl (C=O) groups is 1. The fraction of sp³-hybridized carbons (Fsp3) is 0.150. The van der Waals surface area contributed by atoms with Crippen molar-refractivity contribution in [2.24, 2.45) is 0 Å². The monoisotopic (exact) mass is 342 g/mol. The van der Waals surface area contributed by atoms with Crippen molar-refractivity contribution in [2.75, 3.05) is 0 Å². The van der Waals surface area contributed by atoms with Gasteiger partial charge in [-0.25, -0.2) is 0 Å². The fourth-order valence-electron chi connectivity index (χ4n) is 2.75. The average molecular weight is 343 g/mol. The average Bonchev–Trinajstić information content (AvgIpc) is 2.56. The third-order valence-corrected chi connectivity index (χ3v) is 4.76. The van der Waals surface area contributed by atoms with Crippen LogP contribution >= 0.6 is 23.2 Å². The second-order valence-electron chi connectivity index (χ2n) is 5.58. The van der Waals surface area contributed by atoms with Gasteiger partial charge in [0, 0.05) is 11.1 Å². The molecule has 1 aliphatic carbocycles. The Hall–Kier alpha value is -1.83. The highest BCUT2D eigenvalue weighted by Crippen LogP contribution is 2.31. The number of ketones is 1. The summed E-state index contributed by atoms with van der Waals surface area (Å²) in [5.74, 6) is 0.108. The molecule has 2 aromatic carbocycles. The topological polar surface area (TPSA) is 17.1 Å². The van der Waals surface area contributed by atoms with E-state index in [1.807, 2.05) is 54.6 Å². The van der Waals surface area contributed by atoms with Gasteiger partial charge in [0.25, 0.3) is 0 Å². The lowest BCUT2D eigenvalue weighted by atomic mass is 9.87. The molecule has 1 aliphatic rings. The number of carbonyl (C=O) groups excluding carboxylic acids is 1. The third kappa shape index (κ3) is 3.74. The molecular weight excluding hydrogens is 327 g/mol. The fourth-order valence-corrected chi connectivity index (χ4v) is 3.11. The predicted octanol–water partition coefficient (Wildman–Crippen LogP) is 6.21. The largest absolute Gasteiger partial charge is 0.289 e. The highest BCUT2D eigenvalue weighted by Gasteiger charge is 2.20. The lowest BCUT2D eigenvalue weighted by molar-refractivity contribution is -0.112. The van der Waals surface area contributed by atoms with Crippen molar-refractivity contribution in [3.63, 3.8) is 0 Å². The summed E-state index contributed by atoms with van der Waals surface area (Å²) in [6.07, 6.45) is 6.40. The standard InChI is InChI=1S/C20H16Cl2O/c21-18-11-5-8-15(19(18)22)13-17-10-4-9-16(20(17)23)12-14-6-2-1-3-7-14/h1-3,5-8,11-13H,4,9-10H2/b16-12+,17-13+. The zero-order valence-corrected chi connectivity index (χ0v) is 14.1. The minimum atomic E-state index is 0.108. The van der Waals surface area contributed by atoms with Crippen LogP contribution in [0.3, 0.4) is 0 Å². The molecular formula is C20H16Cl2O. The van der Waals surface area contributed by atoms with Gasteiger partial charge >= 0.3 is 0 Å². The maximum Gasteiger partial charge on any atom is 0.185 e. The van der Waals surface area contributed by atoms with Crippen LogP contribution in [0.2, 0.25) is 10.0 Å². The van der Waals surface area contributed by atoms with Crippen molar-refractivity contribution in [3.8, 4) is 0 Å². The van der Waals surface area contributed by atoms with E-state index in [0.717, 1.165) is 41.5 Å². The molecule has 3 heteroatoms. The van der Waals surface area contributed by atoms with Gasteiger partial charge in [-0.15, -0.1) is 0 Å². The van der Waals surface area contributed by atoms with Crippen LogP contribution in [0.5, 0.6) is 0 Å². The van der Waals surface area contributed by atoms with Gasteiger partial charge in [-0.3, -0.25) is 4.79 Å². The molecule has 116 valence electrons. The SMILES string of the molecule is O=C1/C(=C/c2ccccc2)CCC/C1=C\c1cccc(Cl)c1Cl. The van der Waals surface area contributed by atoms with Crippen LogP contribution < -0.4 is 0 Å². The molecule has 0 radical (unpaired) electrons. The van der Waals surface area contributed by atoms with Crippen molar-refractivity contribution < 1.29 is 4.79 Å². The van der Waals surface area contributed by atoms with E-state index < -0.39 is 0 Å². The van der Waals surface area contributed by atoms with E-state index in [9.17, 15) is 4.79 Å². The summed E-state index contributed by atoms with van der Waals surface area (Å²) < 4.78 is 0. The first-order chi connectivity index (χ1) is 11.1. The Bertz CT molecular complexity index is 789. The summed E-state index contributed by atoms with van der Waals surface area (Å²) in [6, 6.07) is 15.4. The van der Waals surface area contributed by atoms with Gasteiger partial charge in [-0.2, -0.15) is 0 Å². The molecule has 1 saturated carbocycles. The first-order valence-electron chi connectivity index (χ1n) is 7.60. The van der Waals surface area contributed by atoms with E-state index >= 15 is 0 Å². The zero-order chi connectivity index (χ0) is 16.2. The van der Waals surface area contributed by atoms with Crippen molar-refractivity contribution >= 4 is 41.1 Å². The van der Waals surface area contributed by atoms with Crippen molar-refractivity contribution in [1.29, 1.82) is 0 Å². The molecule has 1 fully saturated rings. The summed E-state index contributed by atoms with van der Waals surface area (Å²) in [7, 11) is 0. The van der Waals surface area contributed by atoms with E-state index in [1.165, 1.54) is 0 Å². The first kappa shape index (κ1) is 16.0. The van der Waals surface area contributed by atoms with Crippen LogP contribution in [-0.2, 0) is 4.79 Å². The summed E-state index contributed by atoms with van der Waals surface area (Å²) in [5, 5.41) is 0.998. The Morgan fingerprint density at radius 1 is 0.826 bits per heavy atom. The maximum absolute atomic E-state index is 12.7. The summed E-state index contributed by atoms with van der Waals surface area (Å²) in [4.78, 5) is 12.7. The Morgan fingerprint density at radius 2 is 1.52 bits per heavy atom. The second kappa shape index (κ2) is 7.16. The summed E-state index contributed by atoms with van der Waals surface area (Å²) in [5.41, 5.74) is 3.50. The van der Waals surface area contributed by atoms with Crippen LogP contribution in [0.4, 0.5) is 0 Å². The zero-order valence-electron chi connectivity index (χ0n) is 12.6. The molecule has 0 atom stereocenters. The molecule has 0 N–H and O–H groups in total. The molecule has 2 aromatic rings. The van der Waals surface area contributed by atoms with Gasteiger partial charge in [0.2, 0.25) is 0 Å². The highest BCUT2D eigenvalue weighted by molar-refractivity contribution is 6.43. The molecule has 0 bridgehead atoms. The van der Waals surface area contributed by atoms with Crippen molar-refractivity contribution in [3.05, 3.63) is 80.8 Å². The van der Waals surface area contributed by atoms with Crippen LogP contribution in [0.15, 0.2) is 59.7 Å². The molecule has 0 heterocycles. The Morgan fingerprint density at radius 3 is 2.26 bits per heavy atom. The first-order valence-corrected chi connectivity index (χ1v) is 8.35. The number of benzene rings is 2. The molecule has 1 nitrogen and oxygen atoms in total. The number of halogens is 2. The van der Waals surface area contributed by atoms with Crippen LogP contribution in [0.25, 0.3) is 12.2 Å². The lowest BCUT2D eigenvalue weighted by Gasteiger charge is -2.17. The second-order valence-corrected chi connectivity index (χ2v) is 6.36. The van der Waals surface area contributed by atoms with Crippen molar-refractivity contribution in [1.82, 2.24) is 0 Å². The molecule has 0 amide bonds. The Balaban J connectivity index is 1.92. The highest BCUT2D eigenvalue weighted by atomic mass is 35.5. The van der Waals surface area contributed by atoms with Gasteiger partial charge < -0.3 is 0 Å². The minimum absolute atomic E-state index is 0.108. The number of hydrogen-bond acceptors (Lipinski definition) is 1. The summed E-state index contributed by atoms with van der Waals surface area (Å²) in [6.45, 7) is 0. The van der Waals surface area contributed by atoms with Gasteiger partial charge in [0.15, 0.2) is 5.78 Å². The van der Waals surface area contributed by atoms with E-state index in [4.69, 9.17) is 23.2 Å². The van der Waals surface area contributed by atoms with Gasteiger partial charge in [-0.05, 0) is 48.6 Å². The smallest absolute Gasteiger partial charge is 0.185 e. The van der Waals surface area contributed by atoms with Gasteiger partial charge in [-0.1, -0.05) is 65.7 Å². The molecule has 0 unspecified atom stereocenters. The molecule has 0 aromatic heterocycles. The van der Waals surface area contributed by atoms with E-state index in [2.05, 4.69) is 0 Å². The quantitative estimate of drug-likeness (QED) is 0.592. The lowest BCUT2D eigenvalue weighted by Crippen LogP contribution is -2.12. The summed E-state index contributed by atoms with van der Waals surface area (Å²) >= 11 is 12.3. The number of Topliss-reactive ketones (excluding diaryl/α,β-unsaturated/α-hetero) is 1. The molecule has 0 aliphatic heterocycles. The maximum atomic E-state index is 12.7. The molecule has 0 saturated heterocycles. The van der Waals surface area contributed by atoms with Crippen molar-refractivity contribution in [2.45, 2.75) is 19.3 Å². The van der Waals surface area contributed by atoms with Crippen LogP contribution in [-0.4, -0.2) is 5.78 Å². The predicted molar refractivity (Wildman–Crippen MR) is 97.7 cm³/mol. The number of hydrogen-bond donors (Lipinski definition) is 0. The minimum Gasteiger partial charge on any atom is -0.289 e. The van der Waals surface area contributed by atoms with Crippen LogP contribution in [0, 0.1) is 0 Å². The Labute approximate surface area is 146 Å².